The second-order valence-electron chi connectivity index (χ2n) is 32.0. The van der Waals surface area contributed by atoms with Crippen LogP contribution in [0.5, 0.6) is 0 Å². The van der Waals surface area contributed by atoms with E-state index >= 15 is 0 Å². The van der Waals surface area contributed by atoms with E-state index < -0.39 is 0 Å². The van der Waals surface area contributed by atoms with Gasteiger partial charge in [0.1, 0.15) is 0 Å². The van der Waals surface area contributed by atoms with Crippen LogP contribution in [0.2, 0.25) is 0 Å². The van der Waals surface area contributed by atoms with Gasteiger partial charge in [0.2, 0.25) is 0 Å². The van der Waals surface area contributed by atoms with E-state index in [0.717, 1.165) is 62.2 Å². The van der Waals surface area contributed by atoms with Gasteiger partial charge in [0.15, 0.2) is 0 Å². The third-order valence-corrected chi connectivity index (χ3v) is 23.0. The summed E-state index contributed by atoms with van der Waals surface area (Å²) in [6.07, 6.45) is 2.35. The number of hydrogen-bond donors (Lipinski definition) is 0. The van der Waals surface area contributed by atoms with Crippen LogP contribution in [0.4, 0.5) is 34.1 Å². The van der Waals surface area contributed by atoms with Gasteiger partial charge in [-0.3, -0.25) is 0 Å². The summed E-state index contributed by atoms with van der Waals surface area (Å²) in [4.78, 5) is 5.24. The molecule has 0 spiro atoms. The van der Waals surface area contributed by atoms with Crippen LogP contribution < -0.4 is 26.2 Å². The van der Waals surface area contributed by atoms with E-state index in [1.165, 1.54) is 128 Å². The van der Waals surface area contributed by atoms with E-state index in [0.29, 0.717) is 0 Å². The predicted octanol–water partition coefficient (Wildman–Crippen LogP) is 23.3. The first-order valence-corrected chi connectivity index (χ1v) is 35.9. The molecule has 19 rings (SSSR count). The van der Waals surface area contributed by atoms with Crippen LogP contribution in [0.3, 0.4) is 0 Å². The predicted molar refractivity (Wildman–Crippen MR) is 427 cm³/mol. The molecule has 0 N–H and O–H groups in total. The van der Waals surface area contributed by atoms with Crippen LogP contribution >= 0.6 is 0 Å². The number of fused-ring (bicyclic) bond motifs is 14. The Kier molecular flexibility index (Phi) is 13.1. The topological polar surface area (TPSA) is 21.3 Å². The Bertz CT molecular complexity index is 5880. The van der Waals surface area contributed by atoms with Crippen molar-refractivity contribution in [2.75, 3.05) is 9.80 Å². The minimum absolute atomic E-state index is 0.0315. The lowest BCUT2D eigenvalue weighted by Gasteiger charge is -2.44. The van der Waals surface area contributed by atoms with Gasteiger partial charge < -0.3 is 23.5 Å². The van der Waals surface area contributed by atoms with Crippen LogP contribution in [0.15, 0.2) is 279 Å². The first kappa shape index (κ1) is 60.1. The van der Waals surface area contributed by atoms with E-state index in [1.807, 2.05) is 0 Å². The molecule has 100 heavy (non-hydrogen) atoms. The smallest absolute Gasteiger partial charge is 0.252 e. The van der Waals surface area contributed by atoms with E-state index in [4.69, 9.17) is 0 Å². The summed E-state index contributed by atoms with van der Waals surface area (Å²) in [6, 6.07) is 107. The van der Waals surface area contributed by atoms with Gasteiger partial charge in [-0.2, -0.15) is 0 Å². The first-order valence-electron chi connectivity index (χ1n) is 35.9. The lowest BCUT2D eigenvalue weighted by Crippen LogP contribution is -2.61. The van der Waals surface area contributed by atoms with Crippen molar-refractivity contribution in [3.63, 3.8) is 0 Å². The fraction of sp³-hybridized carbons (Fsp3) is 0.170. The summed E-state index contributed by atoms with van der Waals surface area (Å²) in [5, 5.41) is 7.41. The molecule has 0 unspecified atom stereocenters. The second-order valence-corrected chi connectivity index (χ2v) is 32.0. The molecule has 0 saturated heterocycles. The molecule has 484 valence electrons. The van der Waals surface area contributed by atoms with Gasteiger partial charge >= 0.3 is 0 Å². The third-order valence-electron chi connectivity index (χ3n) is 23.0. The highest BCUT2D eigenvalue weighted by atomic mass is 15.2. The zero-order valence-electron chi connectivity index (χ0n) is 58.8. The Morgan fingerprint density at radius 2 is 0.600 bits per heavy atom. The molecule has 5 heterocycles. The third kappa shape index (κ3) is 9.14. The Labute approximate surface area is 586 Å². The fourth-order valence-corrected chi connectivity index (χ4v) is 17.6. The van der Waals surface area contributed by atoms with Gasteiger partial charge in [-0.25, -0.2) is 0 Å². The van der Waals surface area contributed by atoms with Gasteiger partial charge in [-0.1, -0.05) is 251 Å². The Hall–Kier alpha value is -11.1. The number of hydrogen-bond acceptors (Lipinski definition) is 2. The number of nitrogens with zero attached hydrogens (tertiary/aromatic N) is 5. The number of benzene rings is 13. The van der Waals surface area contributed by atoms with Gasteiger partial charge in [-0.15, -0.1) is 0 Å². The van der Waals surface area contributed by atoms with Crippen molar-refractivity contribution in [1.29, 1.82) is 0 Å². The average molecular weight is 1290 g/mol. The highest BCUT2D eigenvalue weighted by Crippen LogP contribution is 2.51. The van der Waals surface area contributed by atoms with Crippen molar-refractivity contribution in [2.45, 2.75) is 104 Å². The minimum Gasteiger partial charge on any atom is -0.311 e. The zero-order valence-corrected chi connectivity index (χ0v) is 58.8. The monoisotopic (exact) mass is 1290 g/mol. The lowest BCUT2D eigenvalue weighted by molar-refractivity contribution is 0.332. The number of rotatable bonds is 7. The molecular weight excluding hydrogens is 1210 g/mol. The standard InChI is InChI=1S/C94H80BN5/c1-91(2,3)63-51-62(52-64(54-63)92(4,5)6)60-37-42-66(43-38-60)97-87-56-68(99-82-31-19-13-25-72(82)73-26-14-20-32-83(73)99)45-48-79(87)95-78-47-44-67(98-80-29-17-11-23-70(80)71-24-12-18-30-81(71)98)55-86(78)96(65-40-35-59(36-41-65)61-39-46-76-77(53-61)94(9,10)50-49-93(76,7)8)88-57-69(58-89(97)90(88)95)100-84-33-21-15-27-74(84)75-28-16-22-34-85(75)100/h11-48,51-58H,49-50H2,1-10H3. The summed E-state index contributed by atoms with van der Waals surface area (Å²) in [7, 11) is 0. The van der Waals surface area contributed by atoms with E-state index in [2.05, 4.69) is 372 Å². The number of aromatic nitrogens is 3. The van der Waals surface area contributed by atoms with Crippen molar-refractivity contribution < 1.29 is 0 Å². The zero-order chi connectivity index (χ0) is 67.9. The maximum atomic E-state index is 2.62. The highest BCUT2D eigenvalue weighted by molar-refractivity contribution is 7.00. The summed E-state index contributed by atoms with van der Waals surface area (Å²) in [5.41, 5.74) is 31.6. The van der Waals surface area contributed by atoms with Gasteiger partial charge in [-0.05, 0) is 192 Å². The molecule has 16 aromatic rings. The number of anilines is 6. The molecule has 0 fully saturated rings. The maximum Gasteiger partial charge on any atom is 0.252 e. The van der Waals surface area contributed by atoms with Gasteiger partial charge in [0.25, 0.3) is 6.71 Å². The summed E-state index contributed by atoms with van der Waals surface area (Å²) in [6.45, 7) is 23.5. The molecule has 0 saturated carbocycles. The van der Waals surface area contributed by atoms with E-state index in [9.17, 15) is 0 Å². The summed E-state index contributed by atoms with van der Waals surface area (Å²) >= 11 is 0. The molecule has 13 aromatic carbocycles. The van der Waals surface area contributed by atoms with Crippen LogP contribution in [0, 0.1) is 0 Å². The van der Waals surface area contributed by atoms with Crippen LogP contribution in [0.25, 0.3) is 105 Å². The largest absolute Gasteiger partial charge is 0.311 e. The molecule has 0 amide bonds. The fourth-order valence-electron chi connectivity index (χ4n) is 17.6. The number of para-hydroxylation sites is 6. The van der Waals surface area contributed by atoms with Crippen molar-refractivity contribution >= 4 is 123 Å². The molecule has 2 aliphatic heterocycles. The molecule has 3 aliphatic rings. The SMILES string of the molecule is CC(C)(C)c1cc(-c2ccc(N3c4cc(-n5c6ccccc6c6ccccc65)ccc4B4c5ccc(-n6c7ccccc7c7ccccc76)cc5N(c5ccc(-c6ccc7c(c6)C(C)(C)CCC7(C)C)cc5)c5cc(-n6c7ccccc7c7ccccc76)cc3c54)cc2)cc(C(C)(C)C)c1. The maximum absolute atomic E-state index is 2.62. The first-order chi connectivity index (χ1) is 48.3. The molecule has 5 nitrogen and oxygen atoms in total. The van der Waals surface area contributed by atoms with Crippen LogP contribution in [-0.2, 0) is 21.7 Å². The van der Waals surface area contributed by atoms with Gasteiger partial charge in [0.05, 0.1) is 38.8 Å². The van der Waals surface area contributed by atoms with Crippen molar-refractivity contribution in [2.24, 2.45) is 0 Å². The van der Waals surface area contributed by atoms with Gasteiger partial charge in [0, 0.05) is 77.8 Å². The highest BCUT2D eigenvalue weighted by Gasteiger charge is 2.45. The average Bonchev–Trinajstić information content (AvgIpc) is 0.752. The lowest BCUT2D eigenvalue weighted by atomic mass is 9.33. The Morgan fingerprint density at radius 3 is 0.980 bits per heavy atom. The van der Waals surface area contributed by atoms with E-state index in [-0.39, 0.29) is 28.4 Å². The summed E-state index contributed by atoms with van der Waals surface area (Å²) < 4.78 is 7.50. The van der Waals surface area contributed by atoms with E-state index in [1.54, 1.807) is 0 Å². The molecule has 0 atom stereocenters. The van der Waals surface area contributed by atoms with Crippen molar-refractivity contribution in [1.82, 2.24) is 13.7 Å². The minimum atomic E-state index is -0.174. The summed E-state index contributed by atoms with van der Waals surface area (Å²) in [5.74, 6) is 0. The molecule has 1 aliphatic carbocycles. The van der Waals surface area contributed by atoms with Crippen LogP contribution in [0.1, 0.15) is 104 Å². The molecule has 0 radical (unpaired) electrons. The second kappa shape index (κ2) is 21.7. The van der Waals surface area contributed by atoms with Crippen LogP contribution in [-0.4, -0.2) is 20.4 Å². The molecule has 0 bridgehead atoms. The molecular formula is C94H80BN5. The molecule has 6 heteroatoms. The molecule has 3 aromatic heterocycles. The Balaban J connectivity index is 0.906. The quantitative estimate of drug-likeness (QED) is 0.148. The normalized spacial score (nSPS) is 14.7. The van der Waals surface area contributed by atoms with Crippen molar-refractivity contribution in [3.05, 3.63) is 301 Å². The Morgan fingerprint density at radius 1 is 0.280 bits per heavy atom. The van der Waals surface area contributed by atoms with Crippen molar-refractivity contribution in [3.8, 4) is 39.3 Å².